The Kier molecular flexibility index (Phi) is 4.98. The average Bonchev–Trinajstić information content (AvgIpc) is 2.44. The highest BCUT2D eigenvalue weighted by molar-refractivity contribution is 5.99. The topological polar surface area (TPSA) is 75.3 Å². The molecule has 0 saturated heterocycles. The number of hydrogen-bond donors (Lipinski definition) is 2. The second-order valence-electron chi connectivity index (χ2n) is 6.12. The van der Waals surface area contributed by atoms with E-state index in [0.717, 1.165) is 16.8 Å². The fourth-order valence-electron chi connectivity index (χ4n) is 2.81. The van der Waals surface area contributed by atoms with Crippen LogP contribution in [0.4, 0.5) is 5.69 Å². The number of anilines is 1. The number of allylic oxidation sites excluding steroid dienone is 2. The van der Waals surface area contributed by atoms with Crippen molar-refractivity contribution in [1.82, 2.24) is 5.32 Å². The molecule has 23 heavy (non-hydrogen) atoms. The number of rotatable bonds is 4. The molecule has 5 heteroatoms. The van der Waals surface area contributed by atoms with Gasteiger partial charge in [0.1, 0.15) is 0 Å². The number of nitrogens with one attached hydrogen (secondary N) is 2. The van der Waals surface area contributed by atoms with Gasteiger partial charge in [-0.2, -0.15) is 0 Å². The number of carbonyl (C=O) groups excluding carboxylic acids is 3. The molecular formula is C18H22N2O3. The van der Waals surface area contributed by atoms with E-state index in [1.807, 2.05) is 32.0 Å². The van der Waals surface area contributed by atoms with E-state index in [1.54, 1.807) is 6.92 Å². The normalized spacial score (nSPS) is 17.7. The Balaban J connectivity index is 2.05. The van der Waals surface area contributed by atoms with Crippen LogP contribution in [0, 0.1) is 19.8 Å². The Labute approximate surface area is 136 Å². The molecule has 1 aliphatic heterocycles. The van der Waals surface area contributed by atoms with Gasteiger partial charge in [0.05, 0.1) is 5.92 Å². The van der Waals surface area contributed by atoms with Gasteiger partial charge in [-0.3, -0.25) is 14.4 Å². The molecule has 1 heterocycles. The molecule has 0 saturated carbocycles. The van der Waals surface area contributed by atoms with Crippen LogP contribution in [0.1, 0.15) is 37.8 Å². The van der Waals surface area contributed by atoms with Gasteiger partial charge in [0.15, 0.2) is 5.78 Å². The maximum absolute atomic E-state index is 12.2. The molecule has 0 bridgehead atoms. The molecule has 2 amide bonds. The molecule has 1 aliphatic rings. The summed E-state index contributed by atoms with van der Waals surface area (Å²) in [5.74, 6) is -1.01. The number of carbonyl (C=O) groups is 3. The van der Waals surface area contributed by atoms with Crippen molar-refractivity contribution in [1.29, 1.82) is 0 Å². The van der Waals surface area contributed by atoms with Crippen LogP contribution >= 0.6 is 0 Å². The van der Waals surface area contributed by atoms with Gasteiger partial charge in [0.2, 0.25) is 11.8 Å². The first kappa shape index (κ1) is 16.9. The van der Waals surface area contributed by atoms with Gasteiger partial charge >= 0.3 is 0 Å². The maximum Gasteiger partial charge on any atom is 0.228 e. The van der Waals surface area contributed by atoms with Crippen molar-refractivity contribution < 1.29 is 14.4 Å². The summed E-state index contributed by atoms with van der Waals surface area (Å²) in [5.41, 5.74) is 4.03. The van der Waals surface area contributed by atoms with Crippen molar-refractivity contribution in [2.75, 3.05) is 5.32 Å². The summed E-state index contributed by atoms with van der Waals surface area (Å²) in [6, 6.07) is 5.77. The molecule has 1 aromatic carbocycles. The molecule has 0 aromatic heterocycles. The van der Waals surface area contributed by atoms with E-state index in [-0.39, 0.29) is 24.0 Å². The number of aryl methyl sites for hydroxylation is 2. The van der Waals surface area contributed by atoms with Crippen molar-refractivity contribution in [3.8, 4) is 0 Å². The van der Waals surface area contributed by atoms with E-state index in [4.69, 9.17) is 0 Å². The predicted molar refractivity (Wildman–Crippen MR) is 88.8 cm³/mol. The molecule has 1 unspecified atom stereocenters. The average molecular weight is 314 g/mol. The first-order chi connectivity index (χ1) is 10.8. The number of hydrogen-bond acceptors (Lipinski definition) is 3. The van der Waals surface area contributed by atoms with Gasteiger partial charge in [0.25, 0.3) is 0 Å². The van der Waals surface area contributed by atoms with Crippen LogP contribution in [0.5, 0.6) is 0 Å². The van der Waals surface area contributed by atoms with Gasteiger partial charge in [-0.1, -0.05) is 17.7 Å². The maximum atomic E-state index is 12.2. The van der Waals surface area contributed by atoms with Crippen LogP contribution in [-0.4, -0.2) is 17.6 Å². The number of Topliss-reactive ketones (excluding diaryl/α,β-unsaturated/α-hetero) is 1. The van der Waals surface area contributed by atoms with Crippen molar-refractivity contribution in [3.05, 3.63) is 40.6 Å². The van der Waals surface area contributed by atoms with E-state index in [2.05, 4.69) is 10.6 Å². The van der Waals surface area contributed by atoms with Gasteiger partial charge in [-0.15, -0.1) is 0 Å². The third-order valence-electron chi connectivity index (χ3n) is 4.10. The fraction of sp³-hybridized carbons (Fsp3) is 0.389. The monoisotopic (exact) mass is 314 g/mol. The van der Waals surface area contributed by atoms with E-state index in [1.165, 1.54) is 6.92 Å². The molecule has 2 rings (SSSR count). The summed E-state index contributed by atoms with van der Waals surface area (Å²) in [6.45, 7) is 7.10. The zero-order valence-electron chi connectivity index (χ0n) is 13.9. The quantitative estimate of drug-likeness (QED) is 0.897. The largest absolute Gasteiger partial charge is 0.329 e. The molecule has 1 atom stereocenters. The lowest BCUT2D eigenvalue weighted by Crippen LogP contribution is -2.38. The Morgan fingerprint density at radius 1 is 1.26 bits per heavy atom. The van der Waals surface area contributed by atoms with E-state index in [0.29, 0.717) is 17.7 Å². The molecule has 5 nitrogen and oxygen atoms in total. The summed E-state index contributed by atoms with van der Waals surface area (Å²) in [4.78, 5) is 35.9. The number of benzene rings is 1. The summed E-state index contributed by atoms with van der Waals surface area (Å²) in [7, 11) is 0. The lowest BCUT2D eigenvalue weighted by molar-refractivity contribution is -0.128. The minimum absolute atomic E-state index is 0.0587. The van der Waals surface area contributed by atoms with E-state index in [9.17, 15) is 14.4 Å². The summed E-state index contributed by atoms with van der Waals surface area (Å²) < 4.78 is 0. The lowest BCUT2D eigenvalue weighted by Gasteiger charge is -2.24. The summed E-state index contributed by atoms with van der Waals surface area (Å²) >= 11 is 0. The molecule has 0 fully saturated rings. The molecule has 0 radical (unpaired) electrons. The van der Waals surface area contributed by atoms with Crippen molar-refractivity contribution in [2.24, 2.45) is 5.92 Å². The molecule has 0 aliphatic carbocycles. The van der Waals surface area contributed by atoms with Crippen LogP contribution in [0.25, 0.3) is 0 Å². The molecule has 2 N–H and O–H groups in total. The van der Waals surface area contributed by atoms with Crippen molar-refractivity contribution in [2.45, 2.75) is 40.5 Å². The predicted octanol–water partition coefficient (Wildman–Crippen LogP) is 2.63. The van der Waals surface area contributed by atoms with Crippen LogP contribution in [-0.2, 0) is 14.4 Å². The summed E-state index contributed by atoms with van der Waals surface area (Å²) in [5, 5.41) is 5.53. The van der Waals surface area contributed by atoms with Crippen LogP contribution in [0.3, 0.4) is 0 Å². The lowest BCUT2D eigenvalue weighted by atomic mass is 9.89. The SMILES string of the molecule is CC(=O)C1=C(C)NC(=O)C(CC(=O)Nc2ccc(C)cc2C)C1. The second kappa shape index (κ2) is 6.77. The second-order valence-corrected chi connectivity index (χ2v) is 6.12. The minimum Gasteiger partial charge on any atom is -0.329 e. The fourth-order valence-corrected chi connectivity index (χ4v) is 2.81. The third-order valence-corrected chi connectivity index (χ3v) is 4.10. The molecule has 0 spiro atoms. The zero-order valence-corrected chi connectivity index (χ0v) is 13.9. The molecular weight excluding hydrogens is 292 g/mol. The van der Waals surface area contributed by atoms with Gasteiger partial charge in [0, 0.05) is 23.4 Å². The molecule has 1 aromatic rings. The summed E-state index contributed by atoms with van der Waals surface area (Å²) in [6.07, 6.45) is 0.372. The van der Waals surface area contributed by atoms with E-state index >= 15 is 0 Å². The van der Waals surface area contributed by atoms with Crippen molar-refractivity contribution >= 4 is 23.3 Å². The Hall–Kier alpha value is -2.43. The first-order valence-corrected chi connectivity index (χ1v) is 7.66. The Bertz CT molecular complexity index is 704. The van der Waals surface area contributed by atoms with Gasteiger partial charge in [-0.25, -0.2) is 0 Å². The van der Waals surface area contributed by atoms with E-state index < -0.39 is 5.92 Å². The highest BCUT2D eigenvalue weighted by Crippen LogP contribution is 2.25. The highest BCUT2D eigenvalue weighted by atomic mass is 16.2. The Morgan fingerprint density at radius 2 is 1.96 bits per heavy atom. The van der Waals surface area contributed by atoms with Crippen LogP contribution in [0.2, 0.25) is 0 Å². The smallest absolute Gasteiger partial charge is 0.228 e. The van der Waals surface area contributed by atoms with Gasteiger partial charge in [-0.05, 0) is 45.7 Å². The Morgan fingerprint density at radius 3 is 2.57 bits per heavy atom. The number of ketones is 1. The minimum atomic E-state index is -0.511. The standard InChI is InChI=1S/C18H22N2O3/c1-10-5-6-16(11(2)7-10)20-17(22)9-14-8-15(13(4)21)12(3)19-18(14)23/h5-7,14H,8-9H2,1-4H3,(H,19,23)(H,20,22). The van der Waals surface area contributed by atoms with Crippen LogP contribution < -0.4 is 10.6 Å². The highest BCUT2D eigenvalue weighted by Gasteiger charge is 2.30. The van der Waals surface area contributed by atoms with Crippen LogP contribution in [0.15, 0.2) is 29.5 Å². The first-order valence-electron chi connectivity index (χ1n) is 7.66. The third kappa shape index (κ3) is 4.06. The number of amides is 2. The molecule has 122 valence electrons. The zero-order chi connectivity index (χ0) is 17.1. The van der Waals surface area contributed by atoms with Gasteiger partial charge < -0.3 is 10.6 Å². The van der Waals surface area contributed by atoms with Crippen molar-refractivity contribution in [3.63, 3.8) is 0 Å².